The lowest BCUT2D eigenvalue weighted by molar-refractivity contribution is 0.0787. The molecule has 4 heteroatoms. The number of rotatable bonds is 3. The second-order valence-corrected chi connectivity index (χ2v) is 3.79. The summed E-state index contributed by atoms with van der Waals surface area (Å²) in [6.45, 7) is 4.11. The molecule has 0 bridgehead atoms. The molecule has 1 aliphatic rings. The topological polar surface area (TPSA) is 42.4 Å². The average molecular weight is 220 g/mol. The zero-order valence-corrected chi connectivity index (χ0v) is 9.48. The normalized spacial score (nSPS) is 15.2. The number of aromatic nitrogens is 1. The van der Waals surface area contributed by atoms with E-state index in [1.54, 1.807) is 18.3 Å². The number of carbonyl (C=O) groups is 1. The van der Waals surface area contributed by atoms with Crippen molar-refractivity contribution in [3.63, 3.8) is 0 Å². The molecule has 0 aromatic carbocycles. The summed E-state index contributed by atoms with van der Waals surface area (Å²) in [5, 5.41) is 0. The first kappa shape index (κ1) is 10.9. The third-order valence-electron chi connectivity index (χ3n) is 2.68. The predicted molar refractivity (Wildman–Crippen MR) is 60.5 cm³/mol. The molecule has 0 unspecified atom stereocenters. The van der Waals surface area contributed by atoms with Crippen LogP contribution in [0.4, 0.5) is 0 Å². The number of carbonyl (C=O) groups excluding carboxylic acids is 1. The van der Waals surface area contributed by atoms with Gasteiger partial charge >= 0.3 is 0 Å². The molecular weight excluding hydrogens is 204 g/mol. The van der Waals surface area contributed by atoms with Crippen LogP contribution in [0.5, 0.6) is 5.88 Å². The molecule has 1 aromatic heterocycles. The van der Waals surface area contributed by atoms with Crippen LogP contribution in [0, 0.1) is 0 Å². The lowest BCUT2D eigenvalue weighted by atomic mass is 10.2. The minimum Gasteiger partial charge on any atom is -0.477 e. The Labute approximate surface area is 95.2 Å². The Kier molecular flexibility index (Phi) is 3.39. The molecule has 4 nitrogen and oxygen atoms in total. The van der Waals surface area contributed by atoms with E-state index in [-0.39, 0.29) is 5.91 Å². The highest BCUT2D eigenvalue weighted by Gasteiger charge is 2.22. The Bertz CT molecular complexity index is 373. The zero-order chi connectivity index (χ0) is 11.4. The quantitative estimate of drug-likeness (QED) is 0.778. The van der Waals surface area contributed by atoms with Crippen molar-refractivity contribution in [3.8, 4) is 5.88 Å². The van der Waals surface area contributed by atoms with Crippen molar-refractivity contribution in [2.45, 2.75) is 19.8 Å². The minimum atomic E-state index is 0.0362. The van der Waals surface area contributed by atoms with Crippen molar-refractivity contribution < 1.29 is 9.53 Å². The molecule has 1 amide bonds. The van der Waals surface area contributed by atoms with Gasteiger partial charge in [-0.05, 0) is 31.9 Å². The predicted octanol–water partition coefficient (Wildman–Crippen LogP) is 1.72. The van der Waals surface area contributed by atoms with E-state index in [0.717, 1.165) is 25.9 Å². The molecule has 86 valence electrons. The van der Waals surface area contributed by atoms with Crippen LogP contribution >= 0.6 is 0 Å². The van der Waals surface area contributed by atoms with Gasteiger partial charge in [-0.2, -0.15) is 0 Å². The lowest BCUT2D eigenvalue weighted by Crippen LogP contribution is -2.28. The van der Waals surface area contributed by atoms with Gasteiger partial charge in [-0.25, -0.2) is 4.98 Å². The maximum absolute atomic E-state index is 12.1. The Balaban J connectivity index is 2.21. The molecule has 1 aliphatic heterocycles. The summed E-state index contributed by atoms with van der Waals surface area (Å²) in [5.74, 6) is 0.482. The number of ether oxygens (including phenoxy) is 1. The van der Waals surface area contributed by atoms with Gasteiger partial charge in [-0.1, -0.05) is 0 Å². The number of hydrogen-bond acceptors (Lipinski definition) is 3. The molecule has 0 saturated carbocycles. The molecule has 1 aromatic rings. The van der Waals surface area contributed by atoms with Gasteiger partial charge in [0.15, 0.2) is 0 Å². The number of likely N-dealkylation sites (tertiary alicyclic amines) is 1. The van der Waals surface area contributed by atoms with Gasteiger partial charge in [0, 0.05) is 19.3 Å². The van der Waals surface area contributed by atoms with Crippen LogP contribution in [0.15, 0.2) is 18.3 Å². The summed E-state index contributed by atoms with van der Waals surface area (Å²) in [6, 6.07) is 3.55. The van der Waals surface area contributed by atoms with Crippen LogP contribution in [-0.2, 0) is 0 Å². The van der Waals surface area contributed by atoms with Crippen LogP contribution < -0.4 is 4.74 Å². The molecule has 0 aliphatic carbocycles. The van der Waals surface area contributed by atoms with E-state index >= 15 is 0 Å². The summed E-state index contributed by atoms with van der Waals surface area (Å²) in [5.41, 5.74) is 0.575. The van der Waals surface area contributed by atoms with Crippen molar-refractivity contribution in [1.29, 1.82) is 0 Å². The average Bonchev–Trinajstić information content (AvgIpc) is 2.83. The van der Waals surface area contributed by atoms with E-state index in [4.69, 9.17) is 4.74 Å². The minimum absolute atomic E-state index is 0.0362. The fraction of sp³-hybridized carbons (Fsp3) is 0.500. The van der Waals surface area contributed by atoms with Crippen LogP contribution in [0.3, 0.4) is 0 Å². The third-order valence-corrected chi connectivity index (χ3v) is 2.68. The van der Waals surface area contributed by atoms with Gasteiger partial charge in [-0.15, -0.1) is 0 Å². The van der Waals surface area contributed by atoms with Crippen molar-refractivity contribution in [1.82, 2.24) is 9.88 Å². The summed E-state index contributed by atoms with van der Waals surface area (Å²) >= 11 is 0. The number of hydrogen-bond donors (Lipinski definition) is 0. The Morgan fingerprint density at radius 2 is 2.25 bits per heavy atom. The SMILES string of the molecule is CCOc1ncccc1C(=O)N1CCCC1. The first-order valence-electron chi connectivity index (χ1n) is 5.70. The Morgan fingerprint density at radius 1 is 1.50 bits per heavy atom. The lowest BCUT2D eigenvalue weighted by Gasteiger charge is -2.16. The number of nitrogens with zero attached hydrogens (tertiary/aromatic N) is 2. The van der Waals surface area contributed by atoms with Gasteiger partial charge in [-0.3, -0.25) is 4.79 Å². The zero-order valence-electron chi connectivity index (χ0n) is 9.48. The maximum Gasteiger partial charge on any atom is 0.259 e. The first-order valence-corrected chi connectivity index (χ1v) is 5.70. The van der Waals surface area contributed by atoms with Gasteiger partial charge in [0.25, 0.3) is 5.91 Å². The summed E-state index contributed by atoms with van der Waals surface area (Å²) in [6.07, 6.45) is 3.83. The van der Waals surface area contributed by atoms with E-state index in [1.165, 1.54) is 0 Å². The largest absolute Gasteiger partial charge is 0.477 e. The van der Waals surface area contributed by atoms with Crippen molar-refractivity contribution >= 4 is 5.91 Å². The molecule has 0 N–H and O–H groups in total. The van der Waals surface area contributed by atoms with Crippen molar-refractivity contribution in [2.75, 3.05) is 19.7 Å². The van der Waals surface area contributed by atoms with Gasteiger partial charge in [0.2, 0.25) is 5.88 Å². The van der Waals surface area contributed by atoms with E-state index < -0.39 is 0 Å². The van der Waals surface area contributed by atoms with Gasteiger partial charge < -0.3 is 9.64 Å². The fourth-order valence-corrected chi connectivity index (χ4v) is 1.90. The second kappa shape index (κ2) is 4.96. The molecule has 0 spiro atoms. The van der Waals surface area contributed by atoms with Gasteiger partial charge in [0.1, 0.15) is 5.56 Å². The van der Waals surface area contributed by atoms with Crippen LogP contribution in [-0.4, -0.2) is 35.5 Å². The molecule has 1 saturated heterocycles. The van der Waals surface area contributed by atoms with E-state index in [0.29, 0.717) is 18.1 Å². The number of amides is 1. The van der Waals surface area contributed by atoms with Crippen LogP contribution in [0.1, 0.15) is 30.1 Å². The molecule has 0 atom stereocenters. The monoisotopic (exact) mass is 220 g/mol. The van der Waals surface area contributed by atoms with E-state index in [9.17, 15) is 4.79 Å². The van der Waals surface area contributed by atoms with Crippen LogP contribution in [0.25, 0.3) is 0 Å². The Morgan fingerprint density at radius 3 is 2.94 bits per heavy atom. The molecule has 2 heterocycles. The Hall–Kier alpha value is -1.58. The molecule has 1 fully saturated rings. The molecule has 16 heavy (non-hydrogen) atoms. The fourth-order valence-electron chi connectivity index (χ4n) is 1.90. The highest BCUT2D eigenvalue weighted by Crippen LogP contribution is 2.19. The molecule has 2 rings (SSSR count). The highest BCUT2D eigenvalue weighted by atomic mass is 16.5. The van der Waals surface area contributed by atoms with Crippen LogP contribution in [0.2, 0.25) is 0 Å². The van der Waals surface area contributed by atoms with Gasteiger partial charge in [0.05, 0.1) is 6.61 Å². The smallest absolute Gasteiger partial charge is 0.259 e. The standard InChI is InChI=1S/C12H16N2O2/c1-2-16-11-10(6-5-7-13-11)12(15)14-8-3-4-9-14/h5-7H,2-4,8-9H2,1H3. The van der Waals surface area contributed by atoms with Crippen molar-refractivity contribution in [3.05, 3.63) is 23.9 Å². The summed E-state index contributed by atoms with van der Waals surface area (Å²) < 4.78 is 5.36. The summed E-state index contributed by atoms with van der Waals surface area (Å²) in [4.78, 5) is 18.1. The van der Waals surface area contributed by atoms with E-state index in [1.807, 2.05) is 11.8 Å². The molecular formula is C12H16N2O2. The second-order valence-electron chi connectivity index (χ2n) is 3.79. The van der Waals surface area contributed by atoms with E-state index in [2.05, 4.69) is 4.98 Å². The number of pyridine rings is 1. The first-order chi connectivity index (χ1) is 7.83. The third kappa shape index (κ3) is 2.15. The summed E-state index contributed by atoms with van der Waals surface area (Å²) in [7, 11) is 0. The molecule has 0 radical (unpaired) electrons. The highest BCUT2D eigenvalue weighted by molar-refractivity contribution is 5.96. The van der Waals surface area contributed by atoms with Crippen molar-refractivity contribution in [2.24, 2.45) is 0 Å². The maximum atomic E-state index is 12.1.